The van der Waals surface area contributed by atoms with Gasteiger partial charge in [-0.25, -0.2) is 0 Å². The topological polar surface area (TPSA) is 52.6 Å². The molecule has 0 spiro atoms. The summed E-state index contributed by atoms with van der Waals surface area (Å²) in [6.45, 7) is 8.61. The van der Waals surface area contributed by atoms with Gasteiger partial charge >= 0.3 is 0 Å². The number of hydrogen-bond acceptors (Lipinski definition) is 4. The first-order valence-corrected chi connectivity index (χ1v) is 10.5. The van der Waals surface area contributed by atoms with Crippen molar-refractivity contribution in [2.45, 2.75) is 34.1 Å². The van der Waals surface area contributed by atoms with E-state index in [4.69, 9.17) is 9.47 Å². The number of hydrogen-bond donors (Lipinski definition) is 0. The number of benzene rings is 2. The highest BCUT2D eigenvalue weighted by atomic mass is 31.1. The van der Waals surface area contributed by atoms with E-state index in [0.29, 0.717) is 42.9 Å². The van der Waals surface area contributed by atoms with Crippen LogP contribution in [0.25, 0.3) is 0 Å². The van der Waals surface area contributed by atoms with Crippen molar-refractivity contribution in [3.05, 3.63) is 58.7 Å². The fourth-order valence-corrected chi connectivity index (χ4v) is 4.16. The van der Waals surface area contributed by atoms with Crippen LogP contribution in [0.4, 0.5) is 0 Å². The molecule has 0 radical (unpaired) electrons. The summed E-state index contributed by atoms with van der Waals surface area (Å²) >= 11 is 0. The van der Waals surface area contributed by atoms with Crippen LogP contribution < -0.4 is 9.47 Å². The third kappa shape index (κ3) is 5.40. The number of aryl methyl sites for hydroxylation is 2. The SMILES string of the molecule is CCOc1cccc(OCC)c1C(=O)CCPC(=O)c1c(C)cccc1C. The smallest absolute Gasteiger partial charge is 0.181 e. The molecule has 0 saturated heterocycles. The normalized spacial score (nSPS) is 11.0. The molecule has 0 heterocycles. The molecule has 4 nitrogen and oxygen atoms in total. The van der Waals surface area contributed by atoms with Crippen molar-refractivity contribution in [3.8, 4) is 11.5 Å². The predicted molar refractivity (Wildman–Crippen MR) is 111 cm³/mol. The lowest BCUT2D eigenvalue weighted by Gasteiger charge is -2.14. The summed E-state index contributed by atoms with van der Waals surface area (Å²) in [6, 6.07) is 11.2. The van der Waals surface area contributed by atoms with Gasteiger partial charge in [-0.1, -0.05) is 24.3 Å². The molecule has 0 saturated carbocycles. The Hall–Kier alpha value is -2.19. The van der Waals surface area contributed by atoms with Gasteiger partial charge in [-0.05, 0) is 65.7 Å². The first-order valence-electron chi connectivity index (χ1n) is 9.25. The highest BCUT2D eigenvalue weighted by molar-refractivity contribution is 7.58. The Bertz CT molecular complexity index is 769. The molecule has 0 aliphatic carbocycles. The monoisotopic (exact) mass is 386 g/mol. The van der Waals surface area contributed by atoms with E-state index in [-0.39, 0.29) is 19.9 Å². The molecule has 2 aromatic rings. The Morgan fingerprint density at radius 3 is 1.89 bits per heavy atom. The van der Waals surface area contributed by atoms with Crippen molar-refractivity contribution in [2.24, 2.45) is 0 Å². The zero-order chi connectivity index (χ0) is 19.8. The number of carbonyl (C=O) groups is 2. The molecule has 0 aliphatic heterocycles. The first-order chi connectivity index (χ1) is 13.0. The van der Waals surface area contributed by atoms with Gasteiger partial charge in [-0.15, -0.1) is 0 Å². The third-order valence-corrected chi connectivity index (χ3v) is 5.28. The molecule has 0 fully saturated rings. The third-order valence-electron chi connectivity index (χ3n) is 4.21. The maximum absolute atomic E-state index is 12.8. The Kier molecular flexibility index (Phi) is 7.99. The summed E-state index contributed by atoms with van der Waals surface area (Å²) < 4.78 is 11.2. The van der Waals surface area contributed by atoms with Crippen molar-refractivity contribution in [1.29, 1.82) is 0 Å². The van der Waals surface area contributed by atoms with E-state index in [0.717, 1.165) is 16.7 Å². The quantitative estimate of drug-likeness (QED) is 0.416. The molecule has 2 rings (SSSR count). The first kappa shape index (κ1) is 21.1. The average Bonchev–Trinajstić information content (AvgIpc) is 2.62. The minimum absolute atomic E-state index is 0.0516. The van der Waals surface area contributed by atoms with E-state index in [9.17, 15) is 9.59 Å². The Balaban J connectivity index is 2.08. The molecule has 2 aromatic carbocycles. The van der Waals surface area contributed by atoms with Crippen LogP contribution in [0, 0.1) is 13.8 Å². The van der Waals surface area contributed by atoms with Crippen molar-refractivity contribution in [3.63, 3.8) is 0 Å². The molecule has 0 aromatic heterocycles. The van der Waals surface area contributed by atoms with E-state index in [1.807, 2.05) is 52.0 Å². The van der Waals surface area contributed by atoms with Crippen molar-refractivity contribution in [2.75, 3.05) is 19.4 Å². The molecular formula is C22H27O4P. The number of rotatable bonds is 10. The fraction of sp³-hybridized carbons (Fsp3) is 0.364. The summed E-state index contributed by atoms with van der Waals surface area (Å²) in [4.78, 5) is 25.4. The molecule has 0 aliphatic rings. The van der Waals surface area contributed by atoms with E-state index in [1.165, 1.54) is 0 Å². The second-order valence-electron chi connectivity index (χ2n) is 6.19. The van der Waals surface area contributed by atoms with E-state index >= 15 is 0 Å². The van der Waals surface area contributed by atoms with E-state index < -0.39 is 0 Å². The Labute approximate surface area is 163 Å². The second-order valence-corrected chi connectivity index (χ2v) is 7.50. The van der Waals surface area contributed by atoms with Crippen LogP contribution >= 0.6 is 8.58 Å². The molecule has 0 N–H and O–H groups in total. The molecule has 0 bridgehead atoms. The highest BCUT2D eigenvalue weighted by Crippen LogP contribution is 2.32. The lowest BCUT2D eigenvalue weighted by Crippen LogP contribution is -2.09. The van der Waals surface area contributed by atoms with Crippen molar-refractivity contribution in [1.82, 2.24) is 0 Å². The second kappa shape index (κ2) is 10.2. The van der Waals surface area contributed by atoms with Gasteiger partial charge in [0.25, 0.3) is 0 Å². The van der Waals surface area contributed by atoms with Crippen LogP contribution in [0.3, 0.4) is 0 Å². The molecular weight excluding hydrogens is 359 g/mol. The van der Waals surface area contributed by atoms with E-state index in [2.05, 4.69) is 0 Å². The van der Waals surface area contributed by atoms with Gasteiger partial charge < -0.3 is 9.47 Å². The maximum Gasteiger partial charge on any atom is 0.181 e. The van der Waals surface area contributed by atoms with Gasteiger partial charge in [0.1, 0.15) is 17.1 Å². The van der Waals surface area contributed by atoms with Gasteiger partial charge in [0.2, 0.25) is 0 Å². The van der Waals surface area contributed by atoms with Crippen molar-refractivity contribution >= 4 is 19.9 Å². The zero-order valence-corrected chi connectivity index (χ0v) is 17.4. The standard InChI is InChI=1S/C22H27O4P/c1-5-25-18-11-8-12-19(26-6-2)21(18)17(23)13-14-27-22(24)20-15(3)9-7-10-16(20)4/h7-12,27H,5-6,13-14H2,1-4H3. The fourth-order valence-electron chi connectivity index (χ4n) is 3.01. The molecule has 0 amide bonds. The molecule has 1 unspecified atom stereocenters. The number of ketones is 1. The predicted octanol–water partition coefficient (Wildman–Crippen LogP) is 5.19. The van der Waals surface area contributed by atoms with Gasteiger partial charge in [-0.2, -0.15) is 0 Å². The van der Waals surface area contributed by atoms with Crippen LogP contribution in [-0.2, 0) is 0 Å². The summed E-state index contributed by atoms with van der Waals surface area (Å²) in [7, 11) is 0.0680. The minimum atomic E-state index is -0.0516. The molecule has 1 atom stereocenters. The zero-order valence-electron chi connectivity index (χ0n) is 16.4. The number of carbonyl (C=O) groups excluding carboxylic acids is 2. The van der Waals surface area contributed by atoms with Crippen LogP contribution in [0.15, 0.2) is 36.4 Å². The largest absolute Gasteiger partial charge is 0.493 e. The molecule has 5 heteroatoms. The van der Waals surface area contributed by atoms with Crippen LogP contribution in [0.1, 0.15) is 52.1 Å². The molecule has 144 valence electrons. The highest BCUT2D eigenvalue weighted by Gasteiger charge is 2.19. The minimum Gasteiger partial charge on any atom is -0.493 e. The van der Waals surface area contributed by atoms with Gasteiger partial charge in [0, 0.05) is 12.0 Å². The molecule has 27 heavy (non-hydrogen) atoms. The average molecular weight is 386 g/mol. The number of Topliss-reactive ketones (excluding diaryl/α,β-unsaturated/α-hetero) is 1. The van der Waals surface area contributed by atoms with Crippen LogP contribution in [-0.4, -0.2) is 30.7 Å². The van der Waals surface area contributed by atoms with Crippen LogP contribution in [0.2, 0.25) is 0 Å². The van der Waals surface area contributed by atoms with Gasteiger partial charge in [0.05, 0.1) is 13.2 Å². The van der Waals surface area contributed by atoms with Gasteiger partial charge in [-0.3, -0.25) is 9.59 Å². The van der Waals surface area contributed by atoms with Gasteiger partial charge in [0.15, 0.2) is 11.3 Å². The van der Waals surface area contributed by atoms with Crippen molar-refractivity contribution < 1.29 is 19.1 Å². The Morgan fingerprint density at radius 2 is 1.37 bits per heavy atom. The number of ether oxygens (including phenoxy) is 2. The Morgan fingerprint density at radius 1 is 0.852 bits per heavy atom. The maximum atomic E-state index is 12.8. The lowest BCUT2D eigenvalue weighted by atomic mass is 10.0. The summed E-state index contributed by atoms with van der Waals surface area (Å²) in [5.74, 6) is 1.03. The van der Waals surface area contributed by atoms with Crippen LogP contribution in [0.5, 0.6) is 11.5 Å². The lowest BCUT2D eigenvalue weighted by molar-refractivity contribution is 0.0981. The van der Waals surface area contributed by atoms with E-state index in [1.54, 1.807) is 12.1 Å². The summed E-state index contributed by atoms with van der Waals surface area (Å²) in [6.07, 6.45) is 0.816. The summed E-state index contributed by atoms with van der Waals surface area (Å²) in [5.41, 5.74) is 3.35. The summed E-state index contributed by atoms with van der Waals surface area (Å²) in [5, 5.41) is 0.